The van der Waals surface area contributed by atoms with E-state index < -0.39 is 0 Å². The van der Waals surface area contributed by atoms with E-state index in [4.69, 9.17) is 5.10 Å². The summed E-state index contributed by atoms with van der Waals surface area (Å²) in [5.41, 5.74) is 1.89. The maximum atomic E-state index is 11.8. The molecule has 7 heteroatoms. The normalized spacial score (nSPS) is 20.1. The van der Waals surface area contributed by atoms with E-state index in [1.54, 1.807) is 0 Å². The summed E-state index contributed by atoms with van der Waals surface area (Å²) in [5, 5.41) is 13.6. The Kier molecular flexibility index (Phi) is 4.88. The number of piperidine rings is 1. The van der Waals surface area contributed by atoms with Crippen LogP contribution in [0.2, 0.25) is 0 Å². The Bertz CT molecular complexity index is 815. The molecule has 0 bridgehead atoms. The summed E-state index contributed by atoms with van der Waals surface area (Å²) >= 11 is 0. The molecule has 27 heavy (non-hydrogen) atoms. The highest BCUT2D eigenvalue weighted by Crippen LogP contribution is 2.28. The van der Waals surface area contributed by atoms with Crippen LogP contribution in [0.15, 0.2) is 12.1 Å². The summed E-state index contributed by atoms with van der Waals surface area (Å²) in [7, 11) is 0. The van der Waals surface area contributed by atoms with E-state index in [1.807, 2.05) is 15.5 Å². The van der Waals surface area contributed by atoms with E-state index in [-0.39, 0.29) is 5.41 Å². The molecule has 1 amide bonds. The maximum absolute atomic E-state index is 11.8. The van der Waals surface area contributed by atoms with Gasteiger partial charge in [-0.25, -0.2) is 0 Å². The molecular weight excluding hydrogens is 340 g/mol. The largest absolute Gasteiger partial charge is 0.341 e. The highest BCUT2D eigenvalue weighted by atomic mass is 16.2. The first-order valence-electron chi connectivity index (χ1n) is 10.1. The van der Waals surface area contributed by atoms with Gasteiger partial charge in [-0.15, -0.1) is 10.2 Å². The van der Waals surface area contributed by atoms with E-state index >= 15 is 0 Å². The topological polar surface area (TPSA) is 66.6 Å². The molecule has 0 N–H and O–H groups in total. The van der Waals surface area contributed by atoms with Crippen LogP contribution in [0.4, 0.5) is 0 Å². The molecule has 4 heterocycles. The zero-order chi connectivity index (χ0) is 19.0. The van der Waals surface area contributed by atoms with E-state index in [0.29, 0.717) is 11.8 Å². The van der Waals surface area contributed by atoms with Crippen molar-refractivity contribution >= 4 is 11.6 Å². The fraction of sp³-hybridized carbons (Fsp3) is 0.700. The lowest BCUT2D eigenvalue weighted by Crippen LogP contribution is -2.40. The van der Waals surface area contributed by atoms with Crippen molar-refractivity contribution in [3.8, 4) is 0 Å². The van der Waals surface area contributed by atoms with E-state index in [1.165, 1.54) is 0 Å². The molecule has 0 saturated carbocycles. The minimum atomic E-state index is 0.00605. The van der Waals surface area contributed by atoms with Crippen molar-refractivity contribution in [3.63, 3.8) is 0 Å². The monoisotopic (exact) mass is 370 g/mol. The Morgan fingerprint density at radius 2 is 1.85 bits per heavy atom. The molecule has 0 aliphatic carbocycles. The minimum Gasteiger partial charge on any atom is -0.341 e. The predicted molar refractivity (Wildman–Crippen MR) is 104 cm³/mol. The molecule has 146 valence electrons. The lowest BCUT2D eigenvalue weighted by Gasteiger charge is -2.32. The van der Waals surface area contributed by atoms with Crippen LogP contribution in [0.25, 0.3) is 5.65 Å². The van der Waals surface area contributed by atoms with Crippen molar-refractivity contribution in [1.82, 2.24) is 29.6 Å². The van der Waals surface area contributed by atoms with Gasteiger partial charge in [-0.1, -0.05) is 20.8 Å². The zero-order valence-electron chi connectivity index (χ0n) is 16.7. The van der Waals surface area contributed by atoms with Gasteiger partial charge in [0.1, 0.15) is 0 Å². The SMILES string of the molecule is CC(C)(C)c1ccc2nnc(C3CCN(CCN4CCCC4=O)CC3)n2n1. The van der Waals surface area contributed by atoms with Gasteiger partial charge in [0.05, 0.1) is 5.69 Å². The average Bonchev–Trinajstić information content (AvgIpc) is 3.25. The molecule has 0 aromatic carbocycles. The molecule has 4 rings (SSSR count). The van der Waals surface area contributed by atoms with Crippen LogP contribution in [0.3, 0.4) is 0 Å². The van der Waals surface area contributed by atoms with E-state index in [9.17, 15) is 4.79 Å². The van der Waals surface area contributed by atoms with Gasteiger partial charge in [-0.2, -0.15) is 9.61 Å². The Hall–Kier alpha value is -2.02. The van der Waals surface area contributed by atoms with Gasteiger partial charge in [0.15, 0.2) is 11.5 Å². The smallest absolute Gasteiger partial charge is 0.222 e. The summed E-state index contributed by atoms with van der Waals surface area (Å²) < 4.78 is 1.95. The molecule has 7 nitrogen and oxygen atoms in total. The Morgan fingerprint density at radius 3 is 2.52 bits per heavy atom. The molecule has 0 spiro atoms. The maximum Gasteiger partial charge on any atom is 0.222 e. The van der Waals surface area contributed by atoms with Crippen molar-refractivity contribution in [2.45, 2.75) is 57.8 Å². The molecule has 0 atom stereocenters. The number of likely N-dealkylation sites (tertiary alicyclic amines) is 2. The third-order valence-corrected chi connectivity index (χ3v) is 5.87. The van der Waals surface area contributed by atoms with Crippen LogP contribution >= 0.6 is 0 Å². The number of hydrogen-bond acceptors (Lipinski definition) is 5. The van der Waals surface area contributed by atoms with Crippen LogP contribution in [0.5, 0.6) is 0 Å². The highest BCUT2D eigenvalue weighted by molar-refractivity contribution is 5.78. The van der Waals surface area contributed by atoms with Crippen LogP contribution < -0.4 is 0 Å². The minimum absolute atomic E-state index is 0.00605. The van der Waals surface area contributed by atoms with Crippen LogP contribution in [-0.4, -0.2) is 68.2 Å². The molecule has 0 unspecified atom stereocenters. The van der Waals surface area contributed by atoms with Crippen LogP contribution in [0, 0.1) is 0 Å². The van der Waals surface area contributed by atoms with E-state index in [2.05, 4.69) is 41.9 Å². The number of hydrogen-bond donors (Lipinski definition) is 0. The van der Waals surface area contributed by atoms with Crippen LogP contribution in [-0.2, 0) is 10.2 Å². The van der Waals surface area contributed by atoms with Crippen molar-refractivity contribution in [3.05, 3.63) is 23.7 Å². The van der Waals surface area contributed by atoms with E-state index in [0.717, 1.165) is 75.6 Å². The zero-order valence-corrected chi connectivity index (χ0v) is 16.7. The molecule has 2 fully saturated rings. The summed E-state index contributed by atoms with van der Waals surface area (Å²) in [6.45, 7) is 11.4. The van der Waals surface area contributed by atoms with Gasteiger partial charge in [-0.05, 0) is 44.5 Å². The number of aromatic nitrogens is 4. The van der Waals surface area contributed by atoms with Gasteiger partial charge in [0, 0.05) is 37.4 Å². The molecule has 2 aromatic heterocycles. The summed E-state index contributed by atoms with van der Waals surface area (Å²) in [5.74, 6) is 1.71. The first-order valence-corrected chi connectivity index (χ1v) is 10.1. The molecule has 0 radical (unpaired) electrons. The standard InChI is InChI=1S/C20H30N6O/c1-20(2,3)16-6-7-17-21-22-19(26(17)23-16)15-8-11-24(12-9-15)13-14-25-10-4-5-18(25)27/h6-7,15H,4-5,8-14H2,1-3H3. The number of carbonyl (C=O) groups excluding carboxylic acids is 1. The lowest BCUT2D eigenvalue weighted by atomic mass is 9.92. The average molecular weight is 371 g/mol. The van der Waals surface area contributed by atoms with Gasteiger partial charge in [0.2, 0.25) is 5.91 Å². The Morgan fingerprint density at radius 1 is 1.07 bits per heavy atom. The third-order valence-electron chi connectivity index (χ3n) is 5.87. The second-order valence-corrected chi connectivity index (χ2v) is 8.90. The number of fused-ring (bicyclic) bond motifs is 1. The Balaban J connectivity index is 1.40. The fourth-order valence-corrected chi connectivity index (χ4v) is 4.08. The highest BCUT2D eigenvalue weighted by Gasteiger charge is 2.27. The van der Waals surface area contributed by atoms with Crippen molar-refractivity contribution in [2.24, 2.45) is 0 Å². The first kappa shape index (κ1) is 18.3. The van der Waals surface area contributed by atoms with Crippen molar-refractivity contribution < 1.29 is 4.79 Å². The molecule has 2 aliphatic heterocycles. The van der Waals surface area contributed by atoms with Gasteiger partial charge in [-0.3, -0.25) is 4.79 Å². The molecular formula is C20H30N6O. The van der Waals surface area contributed by atoms with Crippen LogP contribution in [0.1, 0.15) is 63.9 Å². The third kappa shape index (κ3) is 3.83. The van der Waals surface area contributed by atoms with Gasteiger partial charge in [0.25, 0.3) is 0 Å². The van der Waals surface area contributed by atoms with Gasteiger partial charge < -0.3 is 9.80 Å². The summed E-state index contributed by atoms with van der Waals surface area (Å²) in [6, 6.07) is 4.07. The Labute approximate surface area is 160 Å². The number of carbonyl (C=O) groups is 1. The number of rotatable bonds is 4. The van der Waals surface area contributed by atoms with Crippen molar-refractivity contribution in [2.75, 3.05) is 32.7 Å². The predicted octanol–water partition coefficient (Wildman–Crippen LogP) is 2.22. The second kappa shape index (κ2) is 7.19. The van der Waals surface area contributed by atoms with Crippen molar-refractivity contribution in [1.29, 1.82) is 0 Å². The number of amides is 1. The van der Waals surface area contributed by atoms with Gasteiger partial charge >= 0.3 is 0 Å². The second-order valence-electron chi connectivity index (χ2n) is 8.90. The summed E-state index contributed by atoms with van der Waals surface area (Å²) in [6.07, 6.45) is 3.88. The number of nitrogens with zero attached hydrogens (tertiary/aromatic N) is 6. The molecule has 2 aromatic rings. The lowest BCUT2D eigenvalue weighted by molar-refractivity contribution is -0.127. The summed E-state index contributed by atoms with van der Waals surface area (Å²) in [4.78, 5) is 16.2. The molecule has 2 saturated heterocycles. The first-order chi connectivity index (χ1) is 12.9. The fourth-order valence-electron chi connectivity index (χ4n) is 4.08. The quantitative estimate of drug-likeness (QED) is 0.826. The molecule has 2 aliphatic rings.